The zero-order valence-electron chi connectivity index (χ0n) is 6.26. The number of aromatic nitrogens is 2. The van der Waals surface area contributed by atoms with Gasteiger partial charge in [-0.1, -0.05) is 5.10 Å². The molecule has 0 fully saturated rings. The summed E-state index contributed by atoms with van der Waals surface area (Å²) < 4.78 is 21.7. The molecule has 0 saturated carbocycles. The molecule has 8 nitrogen and oxygen atoms in total. The first-order valence-corrected chi connectivity index (χ1v) is 5.26. The van der Waals surface area contributed by atoms with Gasteiger partial charge in [-0.25, -0.2) is 8.42 Å². The normalized spacial score (nSPS) is 10.9. The highest BCUT2D eigenvalue weighted by atomic mass is 35.7. The summed E-state index contributed by atoms with van der Waals surface area (Å²) in [6, 6.07) is 1.37. The summed E-state index contributed by atoms with van der Waals surface area (Å²) in [5.74, 6) is -0.920. The van der Waals surface area contributed by atoms with Gasteiger partial charge in [0, 0.05) is 10.7 Å². The summed E-state index contributed by atoms with van der Waals surface area (Å²) in [5.41, 5.74) is -0.633. The fourth-order valence-electron chi connectivity index (χ4n) is 0.753. The summed E-state index contributed by atoms with van der Waals surface area (Å²) in [5, 5.41) is 23.6. The molecule has 0 radical (unpaired) electrons. The van der Waals surface area contributed by atoms with Crippen LogP contribution >= 0.6 is 10.7 Å². The SMILES string of the molecule is N#Cc1n[nH]c([N+](=O)[O-])c1S(=O)(=O)Cl. The third-order valence-corrected chi connectivity index (χ3v) is 2.57. The summed E-state index contributed by atoms with van der Waals surface area (Å²) in [4.78, 5) is 8.36. The second-order valence-corrected chi connectivity index (χ2v) is 4.56. The molecule has 0 aliphatic heterocycles. The predicted octanol–water partition coefficient (Wildman–Crippen LogP) is 0.117. The van der Waals surface area contributed by atoms with Crippen molar-refractivity contribution >= 4 is 25.6 Å². The minimum absolute atomic E-state index is 0.633. The number of hydrogen-bond donors (Lipinski definition) is 1. The zero-order chi connectivity index (χ0) is 10.9. The topological polar surface area (TPSA) is 130 Å². The predicted molar refractivity (Wildman–Crippen MR) is 43.0 cm³/mol. The lowest BCUT2D eigenvalue weighted by Crippen LogP contribution is -1.98. The van der Waals surface area contributed by atoms with E-state index in [0.29, 0.717) is 0 Å². The molecule has 0 amide bonds. The number of nitrogens with one attached hydrogen (secondary N) is 1. The van der Waals surface area contributed by atoms with E-state index in [1.165, 1.54) is 6.07 Å². The van der Waals surface area contributed by atoms with Gasteiger partial charge in [0.15, 0.2) is 0 Å². The molecule has 1 heterocycles. The van der Waals surface area contributed by atoms with E-state index in [1.807, 2.05) is 0 Å². The number of aromatic amines is 1. The van der Waals surface area contributed by atoms with Crippen LogP contribution in [0.3, 0.4) is 0 Å². The van der Waals surface area contributed by atoms with E-state index >= 15 is 0 Å². The second kappa shape index (κ2) is 3.24. The molecule has 14 heavy (non-hydrogen) atoms. The van der Waals surface area contributed by atoms with Crippen molar-refractivity contribution < 1.29 is 13.3 Å². The molecule has 0 atom stereocenters. The van der Waals surface area contributed by atoms with Gasteiger partial charge < -0.3 is 10.1 Å². The van der Waals surface area contributed by atoms with E-state index in [9.17, 15) is 18.5 Å². The maximum Gasteiger partial charge on any atom is 0.364 e. The molecule has 1 aromatic rings. The summed E-state index contributed by atoms with van der Waals surface area (Å²) in [6.07, 6.45) is 0. The quantitative estimate of drug-likeness (QED) is 0.441. The Morgan fingerprint density at radius 3 is 2.57 bits per heavy atom. The lowest BCUT2D eigenvalue weighted by molar-refractivity contribution is -0.392. The molecule has 74 valence electrons. The largest absolute Gasteiger partial charge is 0.364 e. The van der Waals surface area contributed by atoms with Crippen molar-refractivity contribution in [3.63, 3.8) is 0 Å². The minimum Gasteiger partial charge on any atom is -0.358 e. The molecule has 0 aliphatic rings. The lowest BCUT2D eigenvalue weighted by Gasteiger charge is -1.92. The van der Waals surface area contributed by atoms with Crippen LogP contribution in [0.2, 0.25) is 0 Å². The molecular formula is C4HClN4O4S. The molecule has 0 aromatic carbocycles. The summed E-state index contributed by atoms with van der Waals surface area (Å²) >= 11 is 0. The fourth-order valence-corrected chi connectivity index (χ4v) is 1.86. The number of nitrogens with zero attached hydrogens (tertiary/aromatic N) is 3. The van der Waals surface area contributed by atoms with Crippen molar-refractivity contribution in [3.8, 4) is 6.07 Å². The maximum absolute atomic E-state index is 10.8. The van der Waals surface area contributed by atoms with Crippen LogP contribution in [-0.4, -0.2) is 23.5 Å². The Kier molecular flexibility index (Phi) is 2.41. The average Bonchev–Trinajstić information content (AvgIpc) is 2.45. The molecule has 0 bridgehead atoms. The highest BCUT2D eigenvalue weighted by Gasteiger charge is 2.31. The van der Waals surface area contributed by atoms with Gasteiger partial charge >= 0.3 is 5.82 Å². The van der Waals surface area contributed by atoms with Crippen LogP contribution < -0.4 is 0 Å². The zero-order valence-corrected chi connectivity index (χ0v) is 7.83. The van der Waals surface area contributed by atoms with E-state index in [0.717, 1.165) is 0 Å². The van der Waals surface area contributed by atoms with Crippen LogP contribution in [0.25, 0.3) is 0 Å². The van der Waals surface area contributed by atoms with Gasteiger partial charge in [-0.15, -0.1) is 5.10 Å². The van der Waals surface area contributed by atoms with Crippen LogP contribution in [0.15, 0.2) is 4.90 Å². The van der Waals surface area contributed by atoms with Gasteiger partial charge in [-0.3, -0.25) is 0 Å². The van der Waals surface area contributed by atoms with Gasteiger partial charge in [0.2, 0.25) is 10.6 Å². The number of H-pyrrole nitrogens is 1. The minimum atomic E-state index is -4.36. The Balaban J connectivity index is 3.61. The van der Waals surface area contributed by atoms with Gasteiger partial charge in [0.05, 0.1) is 0 Å². The monoisotopic (exact) mass is 236 g/mol. The number of halogens is 1. The molecular weight excluding hydrogens is 236 g/mol. The van der Waals surface area contributed by atoms with Crippen LogP contribution in [0.4, 0.5) is 5.82 Å². The average molecular weight is 237 g/mol. The molecule has 1 N–H and O–H groups in total. The van der Waals surface area contributed by atoms with Crippen molar-refractivity contribution in [2.24, 2.45) is 0 Å². The van der Waals surface area contributed by atoms with Crippen LogP contribution in [0, 0.1) is 21.4 Å². The van der Waals surface area contributed by atoms with E-state index in [2.05, 4.69) is 5.10 Å². The number of nitro groups is 1. The first-order chi connectivity index (χ1) is 6.38. The van der Waals surface area contributed by atoms with Crippen molar-refractivity contribution in [2.45, 2.75) is 4.90 Å². The second-order valence-electron chi connectivity index (χ2n) is 2.06. The molecule has 0 aliphatic carbocycles. The van der Waals surface area contributed by atoms with Gasteiger partial charge in [0.25, 0.3) is 9.05 Å². The van der Waals surface area contributed by atoms with Crippen molar-refractivity contribution in [1.29, 1.82) is 5.26 Å². The molecule has 0 unspecified atom stereocenters. The summed E-state index contributed by atoms with van der Waals surface area (Å²) in [6.45, 7) is 0. The Morgan fingerprint density at radius 2 is 2.21 bits per heavy atom. The first kappa shape index (κ1) is 10.4. The van der Waals surface area contributed by atoms with E-state index < -0.39 is 30.4 Å². The van der Waals surface area contributed by atoms with Crippen LogP contribution in [-0.2, 0) is 9.05 Å². The number of nitriles is 1. The van der Waals surface area contributed by atoms with Crippen molar-refractivity contribution in [3.05, 3.63) is 15.8 Å². The third kappa shape index (κ3) is 1.66. The summed E-state index contributed by atoms with van der Waals surface area (Å²) in [7, 11) is 0.526. The molecule has 10 heteroatoms. The maximum atomic E-state index is 10.8. The fraction of sp³-hybridized carbons (Fsp3) is 0. The Bertz CT molecular complexity index is 526. The standard InChI is InChI=1S/C4HClN4O4S/c5-14(12,13)3-2(1-6)7-8-4(3)9(10)11/h(H,7,8). The highest BCUT2D eigenvalue weighted by Crippen LogP contribution is 2.26. The number of hydrogen-bond acceptors (Lipinski definition) is 6. The lowest BCUT2D eigenvalue weighted by atomic mass is 10.4. The molecule has 0 saturated heterocycles. The molecule has 1 aromatic heterocycles. The molecule has 0 spiro atoms. The smallest absolute Gasteiger partial charge is 0.358 e. The van der Waals surface area contributed by atoms with Crippen LogP contribution in [0.1, 0.15) is 5.69 Å². The Hall–Kier alpha value is -1.66. The van der Waals surface area contributed by atoms with Crippen molar-refractivity contribution in [2.75, 3.05) is 0 Å². The third-order valence-electron chi connectivity index (χ3n) is 1.24. The van der Waals surface area contributed by atoms with Crippen molar-refractivity contribution in [1.82, 2.24) is 10.2 Å². The Labute approximate surface area is 81.7 Å². The Morgan fingerprint density at radius 1 is 1.64 bits per heavy atom. The van der Waals surface area contributed by atoms with E-state index in [4.69, 9.17) is 15.9 Å². The van der Waals surface area contributed by atoms with Gasteiger partial charge in [-0.05, 0) is 4.92 Å². The molecule has 1 rings (SSSR count). The van der Waals surface area contributed by atoms with Gasteiger partial charge in [0.1, 0.15) is 6.07 Å². The van der Waals surface area contributed by atoms with E-state index in [-0.39, 0.29) is 0 Å². The van der Waals surface area contributed by atoms with Crippen LogP contribution in [0.5, 0.6) is 0 Å². The number of rotatable bonds is 2. The highest BCUT2D eigenvalue weighted by molar-refractivity contribution is 8.13. The van der Waals surface area contributed by atoms with E-state index in [1.54, 1.807) is 5.10 Å². The van der Waals surface area contributed by atoms with Gasteiger partial charge in [-0.2, -0.15) is 5.26 Å². The first-order valence-electron chi connectivity index (χ1n) is 2.95.